The van der Waals surface area contributed by atoms with Crippen molar-refractivity contribution in [3.05, 3.63) is 23.8 Å². The van der Waals surface area contributed by atoms with Crippen LogP contribution < -0.4 is 34.5 Å². The summed E-state index contributed by atoms with van der Waals surface area (Å²) in [6, 6.07) is 4.89. The van der Waals surface area contributed by atoms with Gasteiger partial charge < -0.3 is 0 Å². The van der Waals surface area contributed by atoms with E-state index >= 15 is 0 Å². The Hall–Kier alpha value is -0.420. The molecule has 2 unspecified atom stereocenters. The van der Waals surface area contributed by atoms with Crippen LogP contribution in [0.4, 0.5) is 0 Å². The van der Waals surface area contributed by atoms with Crippen molar-refractivity contribution in [3.8, 4) is 11.5 Å². The number of fused-ring (bicyclic) bond motifs is 1. The molecule has 0 bridgehead atoms. The summed E-state index contributed by atoms with van der Waals surface area (Å²) in [7, 11) is 0. The molecule has 2 aliphatic rings. The Morgan fingerprint density at radius 3 is 3.05 bits per heavy atom. The molecule has 0 saturated carbocycles. The number of halogens is 2. The minimum atomic E-state index is -0.551. The Morgan fingerprint density at radius 1 is 1.63 bits per heavy atom. The fraction of sp³-hybridized carbons (Fsp3) is 0.333. The van der Waals surface area contributed by atoms with E-state index in [-0.39, 0.29) is 43.9 Å². The molecule has 2 atom stereocenters. The van der Waals surface area contributed by atoms with Crippen LogP contribution in [0.5, 0.6) is 11.5 Å². The number of hydrogen-bond donors (Lipinski definition) is 1. The Morgan fingerprint density at radius 2 is 2.37 bits per heavy atom. The molecule has 19 heavy (non-hydrogen) atoms. The van der Waals surface area contributed by atoms with Crippen molar-refractivity contribution in [2.45, 2.75) is 14.4 Å². The minimum absolute atomic E-state index is 0.0627. The number of hydrogen-bond acceptors (Lipinski definition) is 5. The normalized spacial score (nSPS) is 23.7. The number of Topliss-reactive ketones (excluding diaryl/α,β-unsaturated/α-hetero) is 1. The summed E-state index contributed by atoms with van der Waals surface area (Å²) < 4.78 is 13.5. The van der Waals surface area contributed by atoms with E-state index in [9.17, 15) is 9.59 Å². The van der Waals surface area contributed by atoms with Gasteiger partial charge in [-0.2, -0.15) is 0 Å². The van der Waals surface area contributed by atoms with E-state index in [1.165, 1.54) is 0 Å². The predicted octanol–water partition coefficient (Wildman–Crippen LogP) is -1.71. The van der Waals surface area contributed by atoms with Crippen LogP contribution in [0.2, 0.25) is 0 Å². The summed E-state index contributed by atoms with van der Waals surface area (Å²) in [6.07, 6.45) is 0. The molecule has 0 spiro atoms. The third kappa shape index (κ3) is 2.59. The van der Waals surface area contributed by atoms with Crippen LogP contribution in [0.25, 0.3) is 0 Å². The number of rotatable bonds is 3. The van der Waals surface area contributed by atoms with Gasteiger partial charge in [0, 0.05) is 0 Å². The van der Waals surface area contributed by atoms with Gasteiger partial charge in [-0.1, -0.05) is 0 Å². The molecular weight excluding hydrogens is 476 g/mol. The second-order valence-electron chi connectivity index (χ2n) is 4.42. The van der Waals surface area contributed by atoms with E-state index in [0.717, 1.165) is 0 Å². The van der Waals surface area contributed by atoms with Crippen LogP contribution in [0, 0.1) is 0 Å². The van der Waals surface area contributed by atoms with Crippen molar-refractivity contribution in [2.75, 3.05) is 6.61 Å². The van der Waals surface area contributed by atoms with Gasteiger partial charge in [0.2, 0.25) is 0 Å². The van der Waals surface area contributed by atoms with Crippen molar-refractivity contribution >= 4 is 34.3 Å². The van der Waals surface area contributed by atoms with Crippen molar-refractivity contribution in [3.63, 3.8) is 0 Å². The Labute approximate surface area is 134 Å². The third-order valence-corrected chi connectivity index (χ3v) is 7.66. The van der Waals surface area contributed by atoms with Gasteiger partial charge in [0.25, 0.3) is 0 Å². The molecule has 3 rings (SSSR count). The number of nitrogens with one attached hydrogen (secondary N) is 1. The average molecular weight is 486 g/mol. The number of alkyl halides is 2. The molecule has 2 heterocycles. The standard InChI is InChI=1S/C12H10I2NO4/c1-12(13,10-14-15-10)11(17)19-6-2-3-9-7(4-6)8(16)5-18-9/h2-4,10,15H,5H2,1H3/q-1. The van der Waals surface area contributed by atoms with Gasteiger partial charge >= 0.3 is 135 Å². The summed E-state index contributed by atoms with van der Waals surface area (Å²) in [4.78, 5) is 23.7. The number of carbonyl (C=O) groups is 2. The monoisotopic (exact) mass is 486 g/mol. The van der Waals surface area contributed by atoms with E-state index < -0.39 is 3.42 Å². The predicted molar refractivity (Wildman–Crippen MR) is 71.3 cm³/mol. The number of benzene rings is 1. The zero-order chi connectivity index (χ0) is 13.6. The van der Waals surface area contributed by atoms with Crippen molar-refractivity contribution in [1.29, 1.82) is 0 Å². The summed E-state index contributed by atoms with van der Waals surface area (Å²) >= 11 is 2.05. The van der Waals surface area contributed by atoms with E-state index in [2.05, 4.69) is 26.1 Å². The second-order valence-corrected chi connectivity index (χ2v) is 9.15. The summed E-state index contributed by atoms with van der Waals surface area (Å²) in [5.41, 5.74) is 0.484. The van der Waals surface area contributed by atoms with E-state index in [0.29, 0.717) is 17.1 Å². The molecule has 1 saturated heterocycles. The van der Waals surface area contributed by atoms with Gasteiger partial charge in [-0.3, -0.25) is 0 Å². The van der Waals surface area contributed by atoms with Crippen LogP contribution in [0.3, 0.4) is 0 Å². The molecule has 1 aromatic carbocycles. The molecule has 2 aliphatic heterocycles. The van der Waals surface area contributed by atoms with Crippen LogP contribution in [0.1, 0.15) is 17.3 Å². The molecule has 7 heteroatoms. The van der Waals surface area contributed by atoms with Gasteiger partial charge in [-0.15, -0.1) is 0 Å². The molecule has 1 N–H and O–H groups in total. The van der Waals surface area contributed by atoms with E-state index in [1.807, 2.05) is 6.92 Å². The molecular formula is C12H10I2NO4-. The van der Waals surface area contributed by atoms with Crippen molar-refractivity contribution < 1.29 is 40.5 Å². The first-order chi connectivity index (χ1) is 8.98. The number of ketones is 1. The Kier molecular flexibility index (Phi) is 3.46. The molecule has 0 aliphatic carbocycles. The first-order valence-corrected chi connectivity index (χ1v) is 8.98. The van der Waals surface area contributed by atoms with E-state index in [4.69, 9.17) is 9.47 Å². The Bertz CT molecular complexity index is 569. The van der Waals surface area contributed by atoms with Gasteiger partial charge in [-0.25, -0.2) is 0 Å². The second kappa shape index (κ2) is 4.85. The fourth-order valence-corrected chi connectivity index (χ4v) is 4.98. The topological polar surface area (TPSA) is 74.5 Å². The maximum atomic E-state index is 12.1. The molecule has 0 aromatic heterocycles. The van der Waals surface area contributed by atoms with Crippen LogP contribution in [0.15, 0.2) is 18.2 Å². The molecule has 5 nitrogen and oxygen atoms in total. The first-order valence-electron chi connectivity index (χ1n) is 5.57. The summed E-state index contributed by atoms with van der Waals surface area (Å²) in [6.45, 7) is 1.93. The van der Waals surface area contributed by atoms with Gasteiger partial charge in [-0.05, 0) is 0 Å². The van der Waals surface area contributed by atoms with Gasteiger partial charge in [0.1, 0.15) is 0 Å². The van der Waals surface area contributed by atoms with Crippen molar-refractivity contribution in [2.24, 2.45) is 0 Å². The zero-order valence-corrected chi connectivity index (χ0v) is 14.2. The number of ether oxygens (including phenoxy) is 2. The first kappa shape index (κ1) is 13.6. The summed E-state index contributed by atoms with van der Waals surface area (Å²) in [5, 5.41) is 0. The molecule has 1 fully saturated rings. The maximum absolute atomic E-state index is 12.1. The molecule has 102 valence electrons. The van der Waals surface area contributed by atoms with Crippen LogP contribution in [-0.4, -0.2) is 25.8 Å². The summed E-state index contributed by atoms with van der Waals surface area (Å²) in [5.74, 6) is 0.579. The number of esters is 1. The van der Waals surface area contributed by atoms with Crippen molar-refractivity contribution in [1.82, 2.24) is 3.53 Å². The number of carbonyl (C=O) groups excluding carboxylic acids is 2. The zero-order valence-electron chi connectivity index (χ0n) is 9.91. The van der Waals surface area contributed by atoms with Crippen LogP contribution >= 0.6 is 22.6 Å². The molecule has 1 aromatic rings. The molecule has 0 amide bonds. The quantitative estimate of drug-likeness (QED) is 0.105. The SMILES string of the molecule is CC(I)(C(=O)Oc1ccc2c(c1)C(=O)CO2)C1N[I-]1. The molecule has 0 radical (unpaired) electrons. The average Bonchev–Trinajstić information content (AvgIpc) is 3.16. The van der Waals surface area contributed by atoms with Gasteiger partial charge in [0.15, 0.2) is 0 Å². The van der Waals surface area contributed by atoms with Gasteiger partial charge in [0.05, 0.1) is 0 Å². The fourth-order valence-electron chi connectivity index (χ4n) is 1.68. The third-order valence-electron chi connectivity index (χ3n) is 2.91. The Balaban J connectivity index is 1.79. The van der Waals surface area contributed by atoms with E-state index in [1.54, 1.807) is 18.2 Å². The van der Waals surface area contributed by atoms with Crippen LogP contribution in [-0.2, 0) is 4.79 Å².